The molecule has 1 rings (SSSR count). The predicted molar refractivity (Wildman–Crippen MR) is 81.9 cm³/mol. The number of ether oxygens (including phenoxy) is 1. The second-order valence-corrected chi connectivity index (χ2v) is 4.75. The monoisotopic (exact) mass is 279 g/mol. The number of amides is 2. The second-order valence-electron chi connectivity index (χ2n) is 4.75. The van der Waals surface area contributed by atoms with Crippen LogP contribution in [0.25, 0.3) is 0 Å². The van der Waals surface area contributed by atoms with Crippen molar-refractivity contribution in [2.24, 2.45) is 0 Å². The van der Waals surface area contributed by atoms with E-state index in [0.29, 0.717) is 13.2 Å². The average Bonchev–Trinajstić information content (AvgIpc) is 2.46. The van der Waals surface area contributed by atoms with E-state index in [9.17, 15) is 4.79 Å². The third-order valence-electron chi connectivity index (χ3n) is 3.03. The number of rotatable bonds is 8. The van der Waals surface area contributed by atoms with Gasteiger partial charge in [0.15, 0.2) is 0 Å². The number of urea groups is 1. The van der Waals surface area contributed by atoms with E-state index in [0.717, 1.165) is 24.2 Å². The summed E-state index contributed by atoms with van der Waals surface area (Å²) in [6.45, 7) is 6.02. The molecule has 0 bridgehead atoms. The van der Waals surface area contributed by atoms with Gasteiger partial charge in [-0.2, -0.15) is 0 Å². The van der Waals surface area contributed by atoms with Crippen LogP contribution in [-0.2, 0) is 11.3 Å². The minimum atomic E-state index is -0.123. The van der Waals surface area contributed by atoms with E-state index in [1.165, 1.54) is 0 Å². The summed E-state index contributed by atoms with van der Waals surface area (Å²) in [5, 5.41) is 8.96. The molecule has 0 radical (unpaired) electrons. The SMILES string of the molecule is CC[C@@H](C)NC(=O)NCc1ccc(NCCOC)cc1. The minimum absolute atomic E-state index is 0.123. The number of benzene rings is 1. The summed E-state index contributed by atoms with van der Waals surface area (Å²) < 4.78 is 4.98. The fourth-order valence-electron chi connectivity index (χ4n) is 1.60. The van der Waals surface area contributed by atoms with E-state index in [-0.39, 0.29) is 12.1 Å². The van der Waals surface area contributed by atoms with E-state index < -0.39 is 0 Å². The van der Waals surface area contributed by atoms with Gasteiger partial charge in [-0.1, -0.05) is 19.1 Å². The van der Waals surface area contributed by atoms with Crippen LogP contribution in [0, 0.1) is 0 Å². The molecule has 1 atom stereocenters. The summed E-state index contributed by atoms with van der Waals surface area (Å²) in [7, 11) is 1.68. The molecule has 0 unspecified atom stereocenters. The molecule has 0 fully saturated rings. The van der Waals surface area contributed by atoms with Crippen molar-refractivity contribution in [2.75, 3.05) is 25.6 Å². The van der Waals surface area contributed by atoms with E-state index >= 15 is 0 Å². The van der Waals surface area contributed by atoms with Crippen molar-refractivity contribution in [3.63, 3.8) is 0 Å². The third-order valence-corrected chi connectivity index (χ3v) is 3.03. The lowest BCUT2D eigenvalue weighted by atomic mass is 10.2. The maximum absolute atomic E-state index is 11.6. The van der Waals surface area contributed by atoms with Crippen LogP contribution >= 0.6 is 0 Å². The van der Waals surface area contributed by atoms with Gasteiger partial charge in [-0.25, -0.2) is 4.79 Å². The van der Waals surface area contributed by atoms with Crippen molar-refractivity contribution >= 4 is 11.7 Å². The van der Waals surface area contributed by atoms with Crippen LogP contribution < -0.4 is 16.0 Å². The first kappa shape index (κ1) is 16.3. The number of nitrogens with one attached hydrogen (secondary N) is 3. The van der Waals surface area contributed by atoms with Gasteiger partial charge < -0.3 is 20.7 Å². The first-order valence-corrected chi connectivity index (χ1v) is 7.01. The molecule has 0 spiro atoms. The van der Waals surface area contributed by atoms with Gasteiger partial charge in [-0.05, 0) is 31.0 Å². The van der Waals surface area contributed by atoms with Crippen LogP contribution in [0.3, 0.4) is 0 Å². The van der Waals surface area contributed by atoms with E-state index in [4.69, 9.17) is 4.74 Å². The first-order valence-electron chi connectivity index (χ1n) is 7.01. The molecule has 1 aromatic rings. The highest BCUT2D eigenvalue weighted by Gasteiger charge is 2.04. The van der Waals surface area contributed by atoms with Gasteiger partial charge in [0, 0.05) is 31.9 Å². The molecule has 5 nitrogen and oxygen atoms in total. The van der Waals surface area contributed by atoms with Crippen molar-refractivity contribution in [3.8, 4) is 0 Å². The summed E-state index contributed by atoms with van der Waals surface area (Å²) in [5.41, 5.74) is 2.12. The van der Waals surface area contributed by atoms with Gasteiger partial charge in [0.05, 0.1) is 6.61 Å². The highest BCUT2D eigenvalue weighted by Crippen LogP contribution is 2.08. The average molecular weight is 279 g/mol. The Balaban J connectivity index is 2.32. The smallest absolute Gasteiger partial charge is 0.315 e. The van der Waals surface area contributed by atoms with Gasteiger partial charge >= 0.3 is 6.03 Å². The lowest BCUT2D eigenvalue weighted by Crippen LogP contribution is -2.40. The van der Waals surface area contributed by atoms with Crippen molar-refractivity contribution in [2.45, 2.75) is 32.9 Å². The summed E-state index contributed by atoms with van der Waals surface area (Å²) in [6, 6.07) is 8.07. The van der Waals surface area contributed by atoms with Crippen molar-refractivity contribution in [1.82, 2.24) is 10.6 Å². The Bertz CT molecular complexity index is 393. The normalized spacial score (nSPS) is 11.8. The fourth-order valence-corrected chi connectivity index (χ4v) is 1.60. The molecule has 2 amide bonds. The van der Waals surface area contributed by atoms with Crippen LogP contribution in [0.5, 0.6) is 0 Å². The van der Waals surface area contributed by atoms with Gasteiger partial charge in [-0.15, -0.1) is 0 Å². The largest absolute Gasteiger partial charge is 0.383 e. The van der Waals surface area contributed by atoms with Crippen LogP contribution in [0.1, 0.15) is 25.8 Å². The Morgan fingerprint density at radius 3 is 2.60 bits per heavy atom. The summed E-state index contributed by atoms with van der Waals surface area (Å²) in [4.78, 5) is 11.6. The number of carbonyl (C=O) groups is 1. The molecule has 20 heavy (non-hydrogen) atoms. The molecule has 0 aliphatic heterocycles. The van der Waals surface area contributed by atoms with Crippen LogP contribution in [0.15, 0.2) is 24.3 Å². The van der Waals surface area contributed by atoms with Gasteiger partial charge in [0.2, 0.25) is 0 Å². The molecule has 112 valence electrons. The standard InChI is InChI=1S/C15H25N3O2/c1-4-12(2)18-15(19)17-11-13-5-7-14(8-6-13)16-9-10-20-3/h5-8,12,16H,4,9-11H2,1-3H3,(H2,17,18,19)/t12-/m1/s1. The Morgan fingerprint density at radius 2 is 2.00 bits per heavy atom. The number of hydrogen-bond donors (Lipinski definition) is 3. The molecular weight excluding hydrogens is 254 g/mol. The molecule has 3 N–H and O–H groups in total. The van der Waals surface area contributed by atoms with E-state index in [1.54, 1.807) is 7.11 Å². The molecular formula is C15H25N3O2. The topological polar surface area (TPSA) is 62.4 Å². The highest BCUT2D eigenvalue weighted by atomic mass is 16.5. The molecule has 1 aromatic carbocycles. The number of methoxy groups -OCH3 is 1. The quantitative estimate of drug-likeness (QED) is 0.640. The molecule has 5 heteroatoms. The number of hydrogen-bond acceptors (Lipinski definition) is 3. The molecule has 0 heterocycles. The lowest BCUT2D eigenvalue weighted by Gasteiger charge is -2.12. The zero-order valence-corrected chi connectivity index (χ0v) is 12.5. The predicted octanol–water partition coefficient (Wildman–Crippen LogP) is 2.34. The zero-order chi connectivity index (χ0) is 14.8. The maximum atomic E-state index is 11.6. The fraction of sp³-hybridized carbons (Fsp3) is 0.533. The van der Waals surface area contributed by atoms with Gasteiger partial charge in [0.25, 0.3) is 0 Å². The first-order chi connectivity index (χ1) is 9.65. The molecule has 0 saturated heterocycles. The van der Waals surface area contributed by atoms with Crippen molar-refractivity contribution < 1.29 is 9.53 Å². The third kappa shape index (κ3) is 6.43. The van der Waals surface area contributed by atoms with Gasteiger partial charge in [0.1, 0.15) is 0 Å². The number of carbonyl (C=O) groups excluding carboxylic acids is 1. The maximum Gasteiger partial charge on any atom is 0.315 e. The Labute approximate surface area is 121 Å². The molecule has 0 saturated carbocycles. The molecule has 0 aliphatic carbocycles. The number of anilines is 1. The van der Waals surface area contributed by atoms with Crippen molar-refractivity contribution in [1.29, 1.82) is 0 Å². The Kier molecular flexibility index (Phi) is 7.50. The van der Waals surface area contributed by atoms with E-state index in [2.05, 4.69) is 16.0 Å². The summed E-state index contributed by atoms with van der Waals surface area (Å²) in [5.74, 6) is 0. The van der Waals surface area contributed by atoms with E-state index in [1.807, 2.05) is 38.1 Å². The summed E-state index contributed by atoms with van der Waals surface area (Å²) >= 11 is 0. The lowest BCUT2D eigenvalue weighted by molar-refractivity contribution is 0.211. The second kappa shape index (κ2) is 9.20. The Morgan fingerprint density at radius 1 is 1.30 bits per heavy atom. The van der Waals surface area contributed by atoms with Crippen LogP contribution in [0.2, 0.25) is 0 Å². The van der Waals surface area contributed by atoms with Crippen LogP contribution in [0.4, 0.5) is 10.5 Å². The minimum Gasteiger partial charge on any atom is -0.383 e. The molecule has 0 aliphatic rings. The van der Waals surface area contributed by atoms with Gasteiger partial charge in [-0.3, -0.25) is 0 Å². The molecule has 0 aromatic heterocycles. The zero-order valence-electron chi connectivity index (χ0n) is 12.5. The highest BCUT2D eigenvalue weighted by molar-refractivity contribution is 5.74. The van der Waals surface area contributed by atoms with Crippen LogP contribution in [-0.4, -0.2) is 32.3 Å². The summed E-state index contributed by atoms with van der Waals surface area (Å²) in [6.07, 6.45) is 0.926. The van der Waals surface area contributed by atoms with Crippen molar-refractivity contribution in [3.05, 3.63) is 29.8 Å². The Hall–Kier alpha value is -1.75.